The molecule has 0 radical (unpaired) electrons. The first-order valence-corrected chi connectivity index (χ1v) is 5.83. The molecule has 0 bridgehead atoms. The molecule has 0 amide bonds. The lowest BCUT2D eigenvalue weighted by molar-refractivity contribution is 0.0692. The Morgan fingerprint density at radius 1 is 1.53 bits per heavy atom. The molecule has 0 atom stereocenters. The molecular formula is C12H11NO3S. The van der Waals surface area contributed by atoms with E-state index in [-0.39, 0.29) is 11.4 Å². The smallest absolute Gasteiger partial charge is 0.341 e. The summed E-state index contributed by atoms with van der Waals surface area (Å²) in [5.41, 5.74) is 1.88. The van der Waals surface area contributed by atoms with E-state index in [1.54, 1.807) is 23.6 Å². The van der Waals surface area contributed by atoms with E-state index in [0.717, 1.165) is 16.0 Å². The van der Waals surface area contributed by atoms with Crippen molar-refractivity contribution in [2.75, 3.05) is 7.11 Å². The number of pyridine rings is 1. The van der Waals surface area contributed by atoms with Crippen molar-refractivity contribution in [3.8, 4) is 17.0 Å². The zero-order valence-electron chi connectivity index (χ0n) is 9.43. The van der Waals surface area contributed by atoms with Crippen LogP contribution in [0.2, 0.25) is 0 Å². The van der Waals surface area contributed by atoms with Crippen LogP contribution < -0.4 is 4.74 Å². The summed E-state index contributed by atoms with van der Waals surface area (Å²) >= 11 is 1.62. The number of hydrogen-bond donors (Lipinski definition) is 1. The predicted molar refractivity (Wildman–Crippen MR) is 65.8 cm³/mol. The number of thiophene rings is 1. The lowest BCUT2D eigenvalue weighted by Gasteiger charge is -2.06. The maximum absolute atomic E-state index is 11.1. The molecule has 0 aliphatic carbocycles. The van der Waals surface area contributed by atoms with Crippen LogP contribution in [0.1, 0.15) is 15.2 Å². The monoisotopic (exact) mass is 249 g/mol. The molecule has 0 saturated heterocycles. The van der Waals surface area contributed by atoms with Gasteiger partial charge in [0.25, 0.3) is 0 Å². The summed E-state index contributed by atoms with van der Waals surface area (Å²) in [4.78, 5) is 16.2. The van der Waals surface area contributed by atoms with Gasteiger partial charge in [0.15, 0.2) is 0 Å². The lowest BCUT2D eigenvalue weighted by Crippen LogP contribution is -2.02. The minimum atomic E-state index is -1.04. The van der Waals surface area contributed by atoms with Crippen molar-refractivity contribution in [2.45, 2.75) is 6.92 Å². The average molecular weight is 249 g/mol. The van der Waals surface area contributed by atoms with E-state index in [2.05, 4.69) is 4.98 Å². The molecule has 2 aromatic rings. The van der Waals surface area contributed by atoms with Crippen molar-refractivity contribution in [1.29, 1.82) is 0 Å². The molecule has 0 spiro atoms. The van der Waals surface area contributed by atoms with Crippen molar-refractivity contribution in [3.05, 3.63) is 34.2 Å². The number of nitrogens with zero attached hydrogens (tertiary/aromatic N) is 1. The van der Waals surface area contributed by atoms with Crippen molar-refractivity contribution in [3.63, 3.8) is 0 Å². The summed E-state index contributed by atoms with van der Waals surface area (Å²) in [6.45, 7) is 1.99. The summed E-state index contributed by atoms with van der Waals surface area (Å²) in [5.74, 6) is -0.904. The number of ether oxygens (including phenoxy) is 1. The average Bonchev–Trinajstić information content (AvgIpc) is 2.74. The number of rotatable bonds is 3. The van der Waals surface area contributed by atoms with Gasteiger partial charge in [-0.2, -0.15) is 0 Å². The van der Waals surface area contributed by atoms with Gasteiger partial charge in [0, 0.05) is 16.6 Å². The number of aromatic nitrogens is 1. The van der Waals surface area contributed by atoms with Gasteiger partial charge in [0.2, 0.25) is 5.88 Å². The lowest BCUT2D eigenvalue weighted by atomic mass is 10.1. The summed E-state index contributed by atoms with van der Waals surface area (Å²) in [6, 6.07) is 3.54. The Morgan fingerprint density at radius 3 is 2.82 bits per heavy atom. The van der Waals surface area contributed by atoms with E-state index < -0.39 is 5.97 Å². The molecule has 88 valence electrons. The maximum Gasteiger partial charge on any atom is 0.341 e. The topological polar surface area (TPSA) is 59.4 Å². The third-order valence-electron chi connectivity index (χ3n) is 2.44. The number of aromatic carboxylic acids is 1. The second kappa shape index (κ2) is 4.55. The van der Waals surface area contributed by atoms with E-state index in [1.165, 1.54) is 7.11 Å². The quantitative estimate of drug-likeness (QED) is 0.908. The highest BCUT2D eigenvalue weighted by Gasteiger charge is 2.14. The van der Waals surface area contributed by atoms with Gasteiger partial charge in [0.05, 0.1) is 7.11 Å². The van der Waals surface area contributed by atoms with Crippen LogP contribution in [0.15, 0.2) is 23.7 Å². The molecule has 5 heteroatoms. The van der Waals surface area contributed by atoms with Crippen LogP contribution in [-0.4, -0.2) is 23.2 Å². The van der Waals surface area contributed by atoms with Crippen LogP contribution in [0.25, 0.3) is 11.1 Å². The molecule has 2 rings (SSSR count). The van der Waals surface area contributed by atoms with Gasteiger partial charge in [-0.15, -0.1) is 11.3 Å². The van der Waals surface area contributed by atoms with E-state index in [4.69, 9.17) is 9.84 Å². The molecule has 0 fully saturated rings. The van der Waals surface area contributed by atoms with Crippen molar-refractivity contribution in [2.24, 2.45) is 0 Å². The van der Waals surface area contributed by atoms with E-state index in [0.29, 0.717) is 0 Å². The molecule has 0 aliphatic rings. The minimum absolute atomic E-state index is 0.0793. The standard InChI is InChI=1S/C12H11NO3S/c1-7-9(3-4-17-7)8-5-10(12(14)15)11(16-2)13-6-8/h3-6H,1-2H3,(H,14,15). The molecule has 2 heterocycles. The highest BCUT2D eigenvalue weighted by molar-refractivity contribution is 7.10. The highest BCUT2D eigenvalue weighted by atomic mass is 32.1. The normalized spacial score (nSPS) is 10.2. The van der Waals surface area contributed by atoms with Crippen LogP contribution >= 0.6 is 11.3 Å². The molecule has 17 heavy (non-hydrogen) atoms. The number of aryl methyl sites for hydroxylation is 1. The Bertz CT molecular complexity index is 563. The third kappa shape index (κ3) is 2.14. The van der Waals surface area contributed by atoms with Crippen molar-refractivity contribution in [1.82, 2.24) is 4.98 Å². The van der Waals surface area contributed by atoms with Gasteiger partial charge in [-0.05, 0) is 30.0 Å². The van der Waals surface area contributed by atoms with Gasteiger partial charge >= 0.3 is 5.97 Å². The summed E-state index contributed by atoms with van der Waals surface area (Å²) in [5, 5.41) is 11.0. The van der Waals surface area contributed by atoms with Crippen molar-refractivity contribution >= 4 is 17.3 Å². The Morgan fingerprint density at radius 2 is 2.29 bits per heavy atom. The van der Waals surface area contributed by atoms with Crippen LogP contribution in [-0.2, 0) is 0 Å². The van der Waals surface area contributed by atoms with Crippen molar-refractivity contribution < 1.29 is 14.6 Å². The molecule has 0 saturated carbocycles. The van der Waals surface area contributed by atoms with Gasteiger partial charge in [-0.25, -0.2) is 9.78 Å². The van der Waals surface area contributed by atoms with Gasteiger partial charge in [-0.3, -0.25) is 0 Å². The van der Waals surface area contributed by atoms with Crippen LogP contribution in [0, 0.1) is 6.92 Å². The number of hydrogen-bond acceptors (Lipinski definition) is 4. The minimum Gasteiger partial charge on any atom is -0.480 e. The van der Waals surface area contributed by atoms with Gasteiger partial charge in [0.1, 0.15) is 5.56 Å². The number of carboxylic acid groups (broad SMARTS) is 1. The van der Waals surface area contributed by atoms with E-state index in [9.17, 15) is 4.79 Å². The zero-order chi connectivity index (χ0) is 12.4. The maximum atomic E-state index is 11.1. The molecule has 4 nitrogen and oxygen atoms in total. The van der Waals surface area contributed by atoms with E-state index >= 15 is 0 Å². The van der Waals surface area contributed by atoms with Crippen LogP contribution in [0.5, 0.6) is 5.88 Å². The first-order valence-electron chi connectivity index (χ1n) is 4.95. The predicted octanol–water partition coefficient (Wildman–Crippen LogP) is 2.83. The first-order chi connectivity index (χ1) is 8.13. The first kappa shape index (κ1) is 11.6. The fourth-order valence-corrected chi connectivity index (χ4v) is 2.32. The molecule has 0 aromatic carbocycles. The number of methoxy groups -OCH3 is 1. The Hall–Kier alpha value is -1.88. The van der Waals surface area contributed by atoms with Crippen LogP contribution in [0.3, 0.4) is 0 Å². The largest absolute Gasteiger partial charge is 0.480 e. The second-order valence-corrected chi connectivity index (χ2v) is 4.60. The molecule has 0 aliphatic heterocycles. The summed E-state index contributed by atoms with van der Waals surface area (Å²) in [6.07, 6.45) is 1.63. The van der Waals surface area contributed by atoms with E-state index in [1.807, 2.05) is 18.4 Å². The fourth-order valence-electron chi connectivity index (χ4n) is 1.60. The molecule has 0 unspecified atom stereocenters. The SMILES string of the molecule is COc1ncc(-c2ccsc2C)cc1C(=O)O. The zero-order valence-corrected chi connectivity index (χ0v) is 10.2. The Kier molecular flexibility index (Phi) is 3.10. The number of carboxylic acids is 1. The third-order valence-corrected chi connectivity index (χ3v) is 3.29. The van der Waals surface area contributed by atoms with Gasteiger partial charge < -0.3 is 9.84 Å². The second-order valence-electron chi connectivity index (χ2n) is 3.48. The number of carbonyl (C=O) groups is 1. The summed E-state index contributed by atoms with van der Waals surface area (Å²) in [7, 11) is 1.41. The fraction of sp³-hybridized carbons (Fsp3) is 0.167. The molecule has 1 N–H and O–H groups in total. The van der Waals surface area contributed by atoms with Crippen LogP contribution in [0.4, 0.5) is 0 Å². The highest BCUT2D eigenvalue weighted by Crippen LogP contribution is 2.29. The van der Waals surface area contributed by atoms with Gasteiger partial charge in [-0.1, -0.05) is 0 Å². The summed E-state index contributed by atoms with van der Waals surface area (Å²) < 4.78 is 4.92. The Balaban J connectivity index is 2.55. The molecular weight excluding hydrogens is 238 g/mol. The Labute approximate surface area is 103 Å². The molecule has 2 aromatic heterocycles.